The first-order valence-electron chi connectivity index (χ1n) is 5.12. The number of aromatic nitrogens is 1. The topological polar surface area (TPSA) is 57.9 Å². The van der Waals surface area contributed by atoms with E-state index in [1.54, 1.807) is 12.1 Å². The fraction of sp³-hybridized carbons (Fsp3) is 0.455. The van der Waals surface area contributed by atoms with E-state index in [1.165, 1.54) is 6.20 Å². The van der Waals surface area contributed by atoms with E-state index in [4.69, 9.17) is 10.00 Å². The molecule has 4 nitrogen and oxygen atoms in total. The molecule has 0 bridgehead atoms. The normalized spacial score (nSPS) is 17.0. The molecule has 1 aromatic rings. The molecule has 2 rings (SSSR count). The summed E-state index contributed by atoms with van der Waals surface area (Å²) in [6.07, 6.45) is 3.83. The van der Waals surface area contributed by atoms with Crippen molar-refractivity contribution in [3.8, 4) is 11.9 Å². The Morgan fingerprint density at radius 2 is 2.20 bits per heavy atom. The zero-order chi connectivity index (χ0) is 10.5. The molecule has 0 spiro atoms. The molecule has 0 atom stereocenters. The van der Waals surface area contributed by atoms with Gasteiger partial charge in [-0.2, -0.15) is 5.26 Å². The molecule has 0 radical (unpaired) electrons. The number of nitrogens with one attached hydrogen (secondary N) is 1. The lowest BCUT2D eigenvalue weighted by Crippen LogP contribution is -2.34. The summed E-state index contributed by atoms with van der Waals surface area (Å²) in [5, 5.41) is 11.9. The van der Waals surface area contributed by atoms with E-state index in [9.17, 15) is 0 Å². The van der Waals surface area contributed by atoms with E-state index in [-0.39, 0.29) is 6.10 Å². The molecule has 0 unspecified atom stereocenters. The number of hydrogen-bond donors (Lipinski definition) is 1. The molecule has 4 heteroatoms. The van der Waals surface area contributed by atoms with Crippen molar-refractivity contribution in [3.05, 3.63) is 23.9 Å². The van der Waals surface area contributed by atoms with E-state index in [1.807, 2.05) is 6.07 Å². The molecule has 0 saturated carbocycles. The number of rotatable bonds is 2. The maximum Gasteiger partial charge on any atom is 0.213 e. The summed E-state index contributed by atoms with van der Waals surface area (Å²) in [5.41, 5.74) is 0.563. The number of piperidine rings is 1. The highest BCUT2D eigenvalue weighted by Crippen LogP contribution is 2.13. The van der Waals surface area contributed by atoms with Gasteiger partial charge in [-0.3, -0.25) is 0 Å². The molecule has 1 fully saturated rings. The van der Waals surface area contributed by atoms with Crippen LogP contribution in [0.5, 0.6) is 5.88 Å². The van der Waals surface area contributed by atoms with Gasteiger partial charge in [0.15, 0.2) is 0 Å². The molecule has 0 aromatic carbocycles. The molecule has 1 aromatic heterocycles. The summed E-state index contributed by atoms with van der Waals surface area (Å²) in [6, 6.07) is 5.51. The SMILES string of the molecule is N#Cc1ccc(OC2CCNCC2)nc1. The van der Waals surface area contributed by atoms with E-state index < -0.39 is 0 Å². The smallest absolute Gasteiger partial charge is 0.213 e. The second kappa shape index (κ2) is 4.76. The monoisotopic (exact) mass is 203 g/mol. The predicted octanol–water partition coefficient (Wildman–Crippen LogP) is 1.08. The van der Waals surface area contributed by atoms with Crippen molar-refractivity contribution in [1.29, 1.82) is 5.26 Å². The Balaban J connectivity index is 1.95. The number of nitrogens with zero attached hydrogens (tertiary/aromatic N) is 2. The second-order valence-electron chi connectivity index (χ2n) is 3.56. The number of nitriles is 1. The minimum atomic E-state index is 0.256. The Bertz CT molecular complexity index is 349. The zero-order valence-electron chi connectivity index (χ0n) is 8.44. The maximum atomic E-state index is 8.61. The van der Waals surface area contributed by atoms with Gasteiger partial charge in [-0.15, -0.1) is 0 Å². The van der Waals surface area contributed by atoms with E-state index in [2.05, 4.69) is 10.3 Å². The minimum absolute atomic E-state index is 0.256. The van der Waals surface area contributed by atoms with Gasteiger partial charge in [-0.25, -0.2) is 4.98 Å². The Morgan fingerprint density at radius 1 is 1.40 bits per heavy atom. The van der Waals surface area contributed by atoms with E-state index in [0.29, 0.717) is 11.4 Å². The number of pyridine rings is 1. The molecular formula is C11H13N3O. The molecule has 1 aliphatic rings. The van der Waals surface area contributed by atoms with Gasteiger partial charge in [0.2, 0.25) is 5.88 Å². The predicted molar refractivity (Wildman–Crippen MR) is 55.5 cm³/mol. The van der Waals surface area contributed by atoms with Crippen molar-refractivity contribution >= 4 is 0 Å². The standard InChI is InChI=1S/C11H13N3O/c12-7-9-1-2-11(14-8-9)15-10-3-5-13-6-4-10/h1-2,8,10,13H,3-6H2. The average Bonchev–Trinajstić information content (AvgIpc) is 2.31. The van der Waals surface area contributed by atoms with Crippen LogP contribution < -0.4 is 10.1 Å². The molecule has 2 heterocycles. The van der Waals surface area contributed by atoms with Gasteiger partial charge in [0.05, 0.1) is 5.56 Å². The van der Waals surface area contributed by atoms with Gasteiger partial charge in [0.1, 0.15) is 12.2 Å². The van der Waals surface area contributed by atoms with Gasteiger partial charge in [-0.1, -0.05) is 0 Å². The fourth-order valence-corrected chi connectivity index (χ4v) is 1.60. The summed E-state index contributed by atoms with van der Waals surface area (Å²) >= 11 is 0. The van der Waals surface area contributed by atoms with Crippen molar-refractivity contribution in [2.24, 2.45) is 0 Å². The second-order valence-corrected chi connectivity index (χ2v) is 3.56. The third-order valence-electron chi connectivity index (χ3n) is 2.44. The Kier molecular flexibility index (Phi) is 3.15. The van der Waals surface area contributed by atoms with Gasteiger partial charge in [0.25, 0.3) is 0 Å². The maximum absolute atomic E-state index is 8.61. The van der Waals surface area contributed by atoms with Crippen LogP contribution in [0, 0.1) is 11.3 Å². The first-order valence-corrected chi connectivity index (χ1v) is 5.12. The van der Waals surface area contributed by atoms with Crippen LogP contribution in [0.3, 0.4) is 0 Å². The summed E-state index contributed by atoms with van der Waals surface area (Å²) in [7, 11) is 0. The molecule has 1 aliphatic heterocycles. The van der Waals surface area contributed by atoms with Crippen molar-refractivity contribution in [1.82, 2.24) is 10.3 Å². The zero-order valence-corrected chi connectivity index (χ0v) is 8.44. The Hall–Kier alpha value is -1.60. The van der Waals surface area contributed by atoms with Crippen LogP contribution in [0.15, 0.2) is 18.3 Å². The highest BCUT2D eigenvalue weighted by molar-refractivity contribution is 5.28. The molecular weight excluding hydrogens is 190 g/mol. The van der Waals surface area contributed by atoms with Crippen LogP contribution in [0.4, 0.5) is 0 Å². The van der Waals surface area contributed by atoms with Crippen LogP contribution in [-0.2, 0) is 0 Å². The largest absolute Gasteiger partial charge is 0.474 e. The number of ether oxygens (including phenoxy) is 1. The summed E-state index contributed by atoms with van der Waals surface area (Å²) in [4.78, 5) is 4.08. The minimum Gasteiger partial charge on any atom is -0.474 e. The van der Waals surface area contributed by atoms with Crippen LogP contribution in [0.25, 0.3) is 0 Å². The van der Waals surface area contributed by atoms with Crippen LogP contribution in [0.2, 0.25) is 0 Å². The first kappa shape index (κ1) is 9.94. The van der Waals surface area contributed by atoms with Crippen LogP contribution in [-0.4, -0.2) is 24.2 Å². The molecule has 1 N–H and O–H groups in total. The lowest BCUT2D eigenvalue weighted by atomic mass is 10.1. The van der Waals surface area contributed by atoms with Crippen molar-refractivity contribution in [2.45, 2.75) is 18.9 Å². The van der Waals surface area contributed by atoms with E-state index in [0.717, 1.165) is 25.9 Å². The highest BCUT2D eigenvalue weighted by atomic mass is 16.5. The molecule has 0 aliphatic carbocycles. The summed E-state index contributed by atoms with van der Waals surface area (Å²) in [6.45, 7) is 2.00. The fourth-order valence-electron chi connectivity index (χ4n) is 1.60. The van der Waals surface area contributed by atoms with Gasteiger partial charge in [-0.05, 0) is 32.0 Å². The quantitative estimate of drug-likeness (QED) is 0.781. The lowest BCUT2D eigenvalue weighted by molar-refractivity contribution is 0.156. The van der Waals surface area contributed by atoms with Crippen molar-refractivity contribution < 1.29 is 4.74 Å². The van der Waals surface area contributed by atoms with Crippen LogP contribution >= 0.6 is 0 Å². The first-order chi connectivity index (χ1) is 7.38. The Labute approximate surface area is 88.9 Å². The van der Waals surface area contributed by atoms with Crippen LogP contribution in [0.1, 0.15) is 18.4 Å². The molecule has 78 valence electrons. The average molecular weight is 203 g/mol. The van der Waals surface area contributed by atoms with E-state index >= 15 is 0 Å². The third kappa shape index (κ3) is 2.67. The third-order valence-corrected chi connectivity index (χ3v) is 2.44. The molecule has 1 saturated heterocycles. The van der Waals surface area contributed by atoms with Crippen molar-refractivity contribution in [3.63, 3.8) is 0 Å². The highest BCUT2D eigenvalue weighted by Gasteiger charge is 2.14. The number of hydrogen-bond acceptors (Lipinski definition) is 4. The lowest BCUT2D eigenvalue weighted by Gasteiger charge is -2.23. The molecule has 15 heavy (non-hydrogen) atoms. The van der Waals surface area contributed by atoms with Crippen molar-refractivity contribution in [2.75, 3.05) is 13.1 Å². The molecule has 0 amide bonds. The van der Waals surface area contributed by atoms with Gasteiger partial charge >= 0.3 is 0 Å². The van der Waals surface area contributed by atoms with Gasteiger partial charge in [0, 0.05) is 12.3 Å². The van der Waals surface area contributed by atoms with Gasteiger partial charge < -0.3 is 10.1 Å². The summed E-state index contributed by atoms with van der Waals surface area (Å²) < 4.78 is 5.69. The summed E-state index contributed by atoms with van der Waals surface area (Å²) in [5.74, 6) is 0.612. The Morgan fingerprint density at radius 3 is 2.80 bits per heavy atom.